The molecule has 76 valence electrons. The van der Waals surface area contributed by atoms with E-state index < -0.39 is 0 Å². The number of aliphatic hydroxyl groups is 1. The van der Waals surface area contributed by atoms with E-state index in [4.69, 9.17) is 9.84 Å². The molecule has 0 spiro atoms. The molecule has 3 nitrogen and oxygen atoms in total. The normalized spacial score (nSPS) is 9.86. The Morgan fingerprint density at radius 3 is 2.57 bits per heavy atom. The molecular formula is C11H14O3. The Bertz CT molecular complexity index is 290. The molecule has 1 aromatic rings. The van der Waals surface area contributed by atoms with Crippen molar-refractivity contribution in [2.24, 2.45) is 0 Å². The van der Waals surface area contributed by atoms with Crippen LogP contribution in [0, 0.1) is 6.92 Å². The van der Waals surface area contributed by atoms with Gasteiger partial charge < -0.3 is 9.84 Å². The van der Waals surface area contributed by atoms with E-state index in [2.05, 4.69) is 0 Å². The summed E-state index contributed by atoms with van der Waals surface area (Å²) >= 11 is 0. The molecule has 0 saturated carbocycles. The van der Waals surface area contributed by atoms with Crippen molar-refractivity contribution in [3.05, 3.63) is 35.4 Å². The molecule has 0 heterocycles. The highest BCUT2D eigenvalue weighted by Gasteiger charge is 2.05. The number of benzene rings is 1. The number of esters is 1. The highest BCUT2D eigenvalue weighted by Crippen LogP contribution is 2.04. The maximum atomic E-state index is 11.3. The third-order valence-electron chi connectivity index (χ3n) is 1.82. The molecule has 0 fully saturated rings. The maximum Gasteiger partial charge on any atom is 0.338 e. The summed E-state index contributed by atoms with van der Waals surface area (Å²) < 4.78 is 4.91. The predicted molar refractivity (Wildman–Crippen MR) is 53.2 cm³/mol. The molecule has 3 heteroatoms. The van der Waals surface area contributed by atoms with Crippen molar-refractivity contribution in [1.29, 1.82) is 0 Å². The van der Waals surface area contributed by atoms with E-state index >= 15 is 0 Å². The van der Waals surface area contributed by atoms with Crippen molar-refractivity contribution in [2.45, 2.75) is 13.3 Å². The summed E-state index contributed by atoms with van der Waals surface area (Å²) in [6, 6.07) is 7.19. The first-order valence-electron chi connectivity index (χ1n) is 4.58. The standard InChI is InChI=1S/C11H14O3/c1-9-3-5-10(6-4-9)11(13)14-8-2-7-12/h3-6,12H,2,7-8H2,1H3. The van der Waals surface area contributed by atoms with Crippen LogP contribution in [0.1, 0.15) is 22.3 Å². The highest BCUT2D eigenvalue weighted by atomic mass is 16.5. The van der Waals surface area contributed by atoms with Crippen LogP contribution in [0.4, 0.5) is 0 Å². The fourth-order valence-electron chi connectivity index (χ4n) is 1.00. The van der Waals surface area contributed by atoms with Crippen LogP contribution in [0.2, 0.25) is 0 Å². The quantitative estimate of drug-likeness (QED) is 0.584. The molecule has 0 aliphatic rings. The molecule has 0 aliphatic carbocycles. The van der Waals surface area contributed by atoms with Gasteiger partial charge in [-0.05, 0) is 19.1 Å². The van der Waals surface area contributed by atoms with Crippen molar-refractivity contribution in [3.63, 3.8) is 0 Å². The van der Waals surface area contributed by atoms with E-state index in [-0.39, 0.29) is 19.2 Å². The summed E-state index contributed by atoms with van der Waals surface area (Å²) in [5.74, 6) is -0.335. The number of ether oxygens (including phenoxy) is 1. The van der Waals surface area contributed by atoms with E-state index in [0.717, 1.165) is 5.56 Å². The Balaban J connectivity index is 2.48. The second-order valence-electron chi connectivity index (χ2n) is 3.08. The van der Waals surface area contributed by atoms with Crippen molar-refractivity contribution in [2.75, 3.05) is 13.2 Å². The van der Waals surface area contributed by atoms with Gasteiger partial charge in [0.2, 0.25) is 0 Å². The van der Waals surface area contributed by atoms with Crippen molar-refractivity contribution >= 4 is 5.97 Å². The molecule has 14 heavy (non-hydrogen) atoms. The van der Waals surface area contributed by atoms with E-state index in [9.17, 15) is 4.79 Å². The number of hydrogen-bond donors (Lipinski definition) is 1. The van der Waals surface area contributed by atoms with Crippen LogP contribution in [-0.2, 0) is 4.74 Å². The van der Waals surface area contributed by atoms with Gasteiger partial charge in [0, 0.05) is 13.0 Å². The Labute approximate surface area is 83.3 Å². The highest BCUT2D eigenvalue weighted by molar-refractivity contribution is 5.89. The van der Waals surface area contributed by atoms with Gasteiger partial charge in [0.15, 0.2) is 0 Å². The zero-order valence-corrected chi connectivity index (χ0v) is 8.19. The lowest BCUT2D eigenvalue weighted by molar-refractivity contribution is 0.0482. The lowest BCUT2D eigenvalue weighted by Crippen LogP contribution is -2.07. The van der Waals surface area contributed by atoms with E-state index in [1.165, 1.54) is 0 Å². The molecule has 1 rings (SSSR count). The first-order chi connectivity index (χ1) is 6.74. The van der Waals surface area contributed by atoms with Gasteiger partial charge in [0.25, 0.3) is 0 Å². The Kier molecular flexibility index (Phi) is 4.13. The number of rotatable bonds is 4. The minimum Gasteiger partial charge on any atom is -0.462 e. The molecule has 1 aromatic carbocycles. The van der Waals surface area contributed by atoms with Crippen LogP contribution in [-0.4, -0.2) is 24.3 Å². The first kappa shape index (κ1) is 10.7. The number of aliphatic hydroxyl groups excluding tert-OH is 1. The average molecular weight is 194 g/mol. The van der Waals surface area contributed by atoms with Gasteiger partial charge in [-0.25, -0.2) is 4.79 Å². The Morgan fingerprint density at radius 2 is 2.00 bits per heavy atom. The Morgan fingerprint density at radius 1 is 1.36 bits per heavy atom. The predicted octanol–water partition coefficient (Wildman–Crippen LogP) is 1.53. The SMILES string of the molecule is Cc1ccc(C(=O)OCCCO)cc1. The molecular weight excluding hydrogens is 180 g/mol. The third-order valence-corrected chi connectivity index (χ3v) is 1.82. The minimum atomic E-state index is -0.335. The zero-order chi connectivity index (χ0) is 10.4. The molecule has 0 radical (unpaired) electrons. The maximum absolute atomic E-state index is 11.3. The Hall–Kier alpha value is -1.35. The second kappa shape index (κ2) is 5.40. The summed E-state index contributed by atoms with van der Waals surface area (Å²) in [5.41, 5.74) is 1.66. The number of aryl methyl sites for hydroxylation is 1. The lowest BCUT2D eigenvalue weighted by Gasteiger charge is -2.03. The zero-order valence-electron chi connectivity index (χ0n) is 8.19. The van der Waals surface area contributed by atoms with Crippen molar-refractivity contribution < 1.29 is 14.6 Å². The average Bonchev–Trinajstić information content (AvgIpc) is 2.19. The molecule has 0 unspecified atom stereocenters. The summed E-state index contributed by atoms with van der Waals surface area (Å²) in [6.07, 6.45) is 0.484. The van der Waals surface area contributed by atoms with Gasteiger partial charge in [0.1, 0.15) is 0 Å². The van der Waals surface area contributed by atoms with Crippen molar-refractivity contribution in [3.8, 4) is 0 Å². The van der Waals surface area contributed by atoms with Crippen LogP contribution in [0.15, 0.2) is 24.3 Å². The van der Waals surface area contributed by atoms with E-state index in [0.29, 0.717) is 12.0 Å². The van der Waals surface area contributed by atoms with Crippen LogP contribution >= 0.6 is 0 Å². The largest absolute Gasteiger partial charge is 0.462 e. The topological polar surface area (TPSA) is 46.5 Å². The van der Waals surface area contributed by atoms with E-state index in [1.807, 2.05) is 19.1 Å². The van der Waals surface area contributed by atoms with Gasteiger partial charge in [-0.2, -0.15) is 0 Å². The smallest absolute Gasteiger partial charge is 0.338 e. The summed E-state index contributed by atoms with van der Waals surface area (Å²) in [7, 11) is 0. The minimum absolute atomic E-state index is 0.0428. The molecule has 0 bridgehead atoms. The van der Waals surface area contributed by atoms with Gasteiger partial charge in [-0.1, -0.05) is 17.7 Å². The number of carbonyl (C=O) groups is 1. The van der Waals surface area contributed by atoms with Crippen molar-refractivity contribution in [1.82, 2.24) is 0 Å². The molecule has 0 aliphatic heterocycles. The van der Waals surface area contributed by atoms with Crippen LogP contribution < -0.4 is 0 Å². The molecule has 0 aromatic heterocycles. The van der Waals surface area contributed by atoms with Gasteiger partial charge >= 0.3 is 5.97 Å². The monoisotopic (exact) mass is 194 g/mol. The lowest BCUT2D eigenvalue weighted by atomic mass is 10.1. The molecule has 0 saturated heterocycles. The summed E-state index contributed by atoms with van der Waals surface area (Å²) in [6.45, 7) is 2.27. The van der Waals surface area contributed by atoms with Gasteiger partial charge in [0.05, 0.1) is 12.2 Å². The first-order valence-corrected chi connectivity index (χ1v) is 4.58. The summed E-state index contributed by atoms with van der Waals surface area (Å²) in [4.78, 5) is 11.3. The van der Waals surface area contributed by atoms with Crippen LogP contribution in [0.5, 0.6) is 0 Å². The van der Waals surface area contributed by atoms with Crippen LogP contribution in [0.25, 0.3) is 0 Å². The summed E-state index contributed by atoms with van der Waals surface area (Å²) in [5, 5.41) is 8.49. The number of carbonyl (C=O) groups excluding carboxylic acids is 1. The molecule has 1 N–H and O–H groups in total. The molecule has 0 atom stereocenters. The molecule has 0 amide bonds. The van der Waals surface area contributed by atoms with Gasteiger partial charge in [-0.3, -0.25) is 0 Å². The fourth-order valence-corrected chi connectivity index (χ4v) is 1.00. The fraction of sp³-hybridized carbons (Fsp3) is 0.364. The third kappa shape index (κ3) is 3.18. The van der Waals surface area contributed by atoms with Gasteiger partial charge in [-0.15, -0.1) is 0 Å². The second-order valence-corrected chi connectivity index (χ2v) is 3.08. The van der Waals surface area contributed by atoms with Crippen LogP contribution in [0.3, 0.4) is 0 Å². The van der Waals surface area contributed by atoms with E-state index in [1.54, 1.807) is 12.1 Å². The number of hydrogen-bond acceptors (Lipinski definition) is 3.